The zero-order valence-electron chi connectivity index (χ0n) is 22.4. The van der Waals surface area contributed by atoms with E-state index in [1.54, 1.807) is 18.2 Å². The molecule has 7 nitrogen and oxygen atoms in total. The molecule has 41 heavy (non-hydrogen) atoms. The summed E-state index contributed by atoms with van der Waals surface area (Å²) in [7, 11) is 0. The molecule has 6 aromatic rings. The Bertz CT molecular complexity index is 1910. The third-order valence-electron chi connectivity index (χ3n) is 6.85. The van der Waals surface area contributed by atoms with E-state index >= 15 is 8.78 Å². The summed E-state index contributed by atoms with van der Waals surface area (Å²) < 4.78 is 30.3. The topological polar surface area (TPSA) is 117 Å². The highest BCUT2D eigenvalue weighted by molar-refractivity contribution is 5.99. The first kappa shape index (κ1) is 26.1. The molecule has 2 aromatic heterocycles. The quantitative estimate of drug-likeness (QED) is 0.110. The number of aromatic amines is 2. The van der Waals surface area contributed by atoms with Gasteiger partial charge in [0, 0.05) is 23.4 Å². The van der Waals surface area contributed by atoms with Gasteiger partial charge in [-0.05, 0) is 79.4 Å². The largest absolute Gasteiger partial charge is 0.368 e. The maximum Gasteiger partial charge on any atom is 0.144 e. The van der Waals surface area contributed by atoms with Crippen LogP contribution in [-0.4, -0.2) is 38.0 Å². The van der Waals surface area contributed by atoms with Crippen molar-refractivity contribution in [3.63, 3.8) is 0 Å². The zero-order valence-corrected chi connectivity index (χ0v) is 22.4. The minimum absolute atomic E-state index is 0.110. The Morgan fingerprint density at radius 1 is 0.829 bits per heavy atom. The molecule has 0 aliphatic heterocycles. The van der Waals surface area contributed by atoms with Crippen LogP contribution in [0.4, 0.5) is 8.78 Å². The van der Waals surface area contributed by atoms with Crippen molar-refractivity contribution in [1.29, 1.82) is 10.8 Å². The average Bonchev–Trinajstić information content (AvgIpc) is 3.56. The summed E-state index contributed by atoms with van der Waals surface area (Å²) in [6.45, 7) is 3.98. The second-order valence-corrected chi connectivity index (χ2v) is 10.3. The van der Waals surface area contributed by atoms with Crippen LogP contribution in [0.5, 0.6) is 0 Å². The Morgan fingerprint density at radius 2 is 1.46 bits per heavy atom. The van der Waals surface area contributed by atoms with Gasteiger partial charge in [-0.15, -0.1) is 0 Å². The number of H-pyrrole nitrogens is 2. The van der Waals surface area contributed by atoms with E-state index in [9.17, 15) is 0 Å². The molecule has 0 spiro atoms. The zero-order chi connectivity index (χ0) is 28.7. The lowest BCUT2D eigenvalue weighted by molar-refractivity contribution is 0.585. The van der Waals surface area contributed by atoms with Crippen molar-refractivity contribution in [2.45, 2.75) is 26.3 Å². The van der Waals surface area contributed by atoms with Crippen LogP contribution < -0.4 is 5.32 Å². The van der Waals surface area contributed by atoms with Crippen molar-refractivity contribution < 1.29 is 8.78 Å². The number of nitrogens with one attached hydrogen (secondary N) is 5. The predicted octanol–water partition coefficient (Wildman–Crippen LogP) is 6.96. The molecule has 0 aliphatic carbocycles. The maximum absolute atomic E-state index is 15.1. The number of halogens is 2. The Morgan fingerprint density at radius 3 is 2.15 bits per heavy atom. The lowest BCUT2D eigenvalue weighted by Gasteiger charge is -2.10. The summed E-state index contributed by atoms with van der Waals surface area (Å²) in [4.78, 5) is 15.3. The van der Waals surface area contributed by atoms with Crippen LogP contribution in [0.2, 0.25) is 0 Å². The fourth-order valence-corrected chi connectivity index (χ4v) is 4.88. The van der Waals surface area contributed by atoms with E-state index < -0.39 is 11.6 Å². The molecule has 0 amide bonds. The predicted molar refractivity (Wildman–Crippen MR) is 159 cm³/mol. The fraction of sp³-hybridized carbons (Fsp3) is 0.125. The molecule has 0 saturated carbocycles. The molecule has 0 fully saturated rings. The summed E-state index contributed by atoms with van der Waals surface area (Å²) in [6.07, 6.45) is 1.56. The standard InChI is InChI=1S/C32H27F2N7/c1-17(2)37-30(36)22-8-10-26-28(15-22)40-31(38-26)21-6-3-18(4-7-21)11-20-12-23(33)29(24(34)13-20)32-39-25-9-5-19(16-35)14-27(25)41-32/h3-10,12-17,35H,11H2,1-2H3,(H2,36,37)(H,38,40)(H,39,41). The molecule has 4 aromatic carbocycles. The van der Waals surface area contributed by atoms with Crippen LogP contribution in [0.1, 0.15) is 36.1 Å². The number of hydrogen-bond acceptors (Lipinski definition) is 4. The van der Waals surface area contributed by atoms with Gasteiger partial charge in [-0.2, -0.15) is 0 Å². The molecule has 2 heterocycles. The first-order valence-corrected chi connectivity index (χ1v) is 13.2. The molecule has 0 radical (unpaired) electrons. The van der Waals surface area contributed by atoms with Gasteiger partial charge in [0.1, 0.15) is 29.1 Å². The van der Waals surface area contributed by atoms with Crippen molar-refractivity contribution in [3.05, 3.63) is 107 Å². The second kappa shape index (κ2) is 10.4. The van der Waals surface area contributed by atoms with Gasteiger partial charge < -0.3 is 20.7 Å². The smallest absolute Gasteiger partial charge is 0.144 e. The minimum atomic E-state index is -0.693. The van der Waals surface area contributed by atoms with E-state index in [-0.39, 0.29) is 17.4 Å². The Labute approximate surface area is 234 Å². The maximum atomic E-state index is 15.1. The van der Waals surface area contributed by atoms with Gasteiger partial charge in [-0.1, -0.05) is 30.3 Å². The van der Waals surface area contributed by atoms with E-state index in [0.717, 1.165) is 27.7 Å². The molecule has 0 atom stereocenters. The van der Waals surface area contributed by atoms with Crippen LogP contribution in [0.3, 0.4) is 0 Å². The molecule has 204 valence electrons. The van der Waals surface area contributed by atoms with Gasteiger partial charge in [0.05, 0.1) is 27.6 Å². The van der Waals surface area contributed by atoms with E-state index in [4.69, 9.17) is 10.8 Å². The molecule has 0 saturated heterocycles. The summed E-state index contributed by atoms with van der Waals surface area (Å²) in [5, 5.41) is 18.7. The van der Waals surface area contributed by atoms with Crippen LogP contribution in [0, 0.1) is 22.5 Å². The van der Waals surface area contributed by atoms with E-state index in [0.29, 0.717) is 40.2 Å². The van der Waals surface area contributed by atoms with Gasteiger partial charge in [0.2, 0.25) is 0 Å². The number of amidine groups is 1. The van der Waals surface area contributed by atoms with Crippen molar-refractivity contribution in [1.82, 2.24) is 25.3 Å². The van der Waals surface area contributed by atoms with E-state index in [1.165, 1.54) is 18.3 Å². The van der Waals surface area contributed by atoms with Crippen LogP contribution in [-0.2, 0) is 6.42 Å². The number of fused-ring (bicyclic) bond motifs is 2. The Hall–Kier alpha value is -5.18. The molecule has 0 aliphatic rings. The van der Waals surface area contributed by atoms with Crippen LogP contribution in [0.25, 0.3) is 44.8 Å². The molecule has 9 heteroatoms. The monoisotopic (exact) mass is 547 g/mol. The van der Waals surface area contributed by atoms with Gasteiger partial charge in [-0.25, -0.2) is 18.7 Å². The number of rotatable bonds is 7. The first-order valence-electron chi connectivity index (χ1n) is 13.2. The lowest BCUT2D eigenvalue weighted by atomic mass is 10.0. The van der Waals surface area contributed by atoms with Gasteiger partial charge in [-0.3, -0.25) is 5.41 Å². The summed E-state index contributed by atoms with van der Waals surface area (Å²) in [5.41, 5.74) is 6.34. The van der Waals surface area contributed by atoms with Crippen molar-refractivity contribution in [2.75, 3.05) is 0 Å². The number of imidazole rings is 2. The second-order valence-electron chi connectivity index (χ2n) is 10.3. The average molecular weight is 548 g/mol. The lowest BCUT2D eigenvalue weighted by Crippen LogP contribution is -2.30. The number of hydrogen-bond donors (Lipinski definition) is 5. The minimum Gasteiger partial charge on any atom is -0.368 e. The molecule has 6 rings (SSSR count). The normalized spacial score (nSPS) is 11.4. The fourth-order valence-electron chi connectivity index (χ4n) is 4.88. The first-order chi connectivity index (χ1) is 19.8. The highest BCUT2D eigenvalue weighted by Crippen LogP contribution is 2.29. The van der Waals surface area contributed by atoms with E-state index in [1.807, 2.05) is 56.3 Å². The van der Waals surface area contributed by atoms with Crippen molar-refractivity contribution in [2.24, 2.45) is 0 Å². The number of benzene rings is 4. The SMILES string of the molecule is CC(C)NC(=N)c1ccc2nc(-c3ccc(Cc4cc(F)c(-c5nc6ccc(C=N)cc6[nH]5)c(F)c4)cc3)[nH]c2c1. The number of aromatic nitrogens is 4. The third-order valence-corrected chi connectivity index (χ3v) is 6.85. The summed E-state index contributed by atoms with van der Waals surface area (Å²) in [6, 6.07) is 21.4. The van der Waals surface area contributed by atoms with Gasteiger partial charge in [0.25, 0.3) is 0 Å². The molecule has 0 bridgehead atoms. The van der Waals surface area contributed by atoms with Crippen LogP contribution >= 0.6 is 0 Å². The highest BCUT2D eigenvalue weighted by atomic mass is 19.1. The summed E-state index contributed by atoms with van der Waals surface area (Å²) >= 11 is 0. The number of nitrogens with zero attached hydrogens (tertiary/aromatic N) is 2. The van der Waals surface area contributed by atoms with Crippen molar-refractivity contribution in [3.8, 4) is 22.8 Å². The molecule has 5 N–H and O–H groups in total. The Balaban J connectivity index is 1.21. The van der Waals surface area contributed by atoms with Crippen molar-refractivity contribution >= 4 is 34.1 Å². The molecular weight excluding hydrogens is 520 g/mol. The van der Waals surface area contributed by atoms with Gasteiger partial charge >= 0.3 is 0 Å². The molecule has 0 unspecified atom stereocenters. The van der Waals surface area contributed by atoms with Crippen LogP contribution in [0.15, 0.2) is 72.8 Å². The molecular formula is C32H27F2N7. The highest BCUT2D eigenvalue weighted by Gasteiger charge is 2.18. The van der Waals surface area contributed by atoms with E-state index in [2.05, 4.69) is 25.3 Å². The third kappa shape index (κ3) is 5.21. The van der Waals surface area contributed by atoms with Gasteiger partial charge in [0.15, 0.2) is 0 Å². The summed E-state index contributed by atoms with van der Waals surface area (Å²) in [5.74, 6) is -0.216. The Kier molecular flexibility index (Phi) is 6.62.